The maximum absolute atomic E-state index is 13.7. The van der Waals surface area contributed by atoms with Gasteiger partial charge in [-0.1, -0.05) is 42.5 Å². The highest BCUT2D eigenvalue weighted by Crippen LogP contribution is 2.28. The van der Waals surface area contributed by atoms with Crippen molar-refractivity contribution in [3.63, 3.8) is 0 Å². The van der Waals surface area contributed by atoms with Gasteiger partial charge in [-0.05, 0) is 31.4 Å². The summed E-state index contributed by atoms with van der Waals surface area (Å²) in [6, 6.07) is 11.1. The van der Waals surface area contributed by atoms with Crippen LogP contribution < -0.4 is 10.6 Å². The Bertz CT molecular complexity index is 823. The maximum Gasteiger partial charge on any atom is 0.416 e. The van der Waals surface area contributed by atoms with Crippen LogP contribution in [0.15, 0.2) is 48.5 Å². The molecule has 150 valence electrons. The van der Waals surface area contributed by atoms with Crippen molar-refractivity contribution < 1.29 is 27.2 Å². The van der Waals surface area contributed by atoms with Crippen molar-refractivity contribution in [2.45, 2.75) is 25.9 Å². The van der Waals surface area contributed by atoms with Gasteiger partial charge in [-0.25, -0.2) is 4.39 Å². The largest absolute Gasteiger partial charge is 0.416 e. The van der Waals surface area contributed by atoms with E-state index in [1.807, 2.05) is 0 Å². The number of nitrogens with one attached hydrogen (secondary N) is 2. The number of rotatable bonds is 2. The first-order valence-electron chi connectivity index (χ1n) is 8.66. The molecule has 4 nitrogen and oxygen atoms in total. The number of halogens is 4. The van der Waals surface area contributed by atoms with Crippen molar-refractivity contribution in [3.05, 3.63) is 65.5 Å². The summed E-state index contributed by atoms with van der Waals surface area (Å²) in [7, 11) is 0. The molecule has 1 aliphatic rings. The van der Waals surface area contributed by atoms with E-state index in [0.29, 0.717) is 18.5 Å². The fourth-order valence-electron chi connectivity index (χ4n) is 2.61. The van der Waals surface area contributed by atoms with Gasteiger partial charge in [0.15, 0.2) is 0 Å². The number of piperidine rings is 1. The van der Waals surface area contributed by atoms with Crippen LogP contribution in [0.3, 0.4) is 0 Å². The molecule has 2 N–H and O–H groups in total. The molecule has 1 heterocycles. The first-order valence-corrected chi connectivity index (χ1v) is 8.66. The van der Waals surface area contributed by atoms with Gasteiger partial charge in [0, 0.05) is 6.54 Å². The Morgan fingerprint density at radius 1 is 1.11 bits per heavy atom. The zero-order valence-electron chi connectivity index (χ0n) is 15.1. The number of anilines is 1. The number of hydrogen-bond acceptors (Lipinski definition) is 2. The van der Waals surface area contributed by atoms with E-state index < -0.39 is 29.4 Å². The van der Waals surface area contributed by atoms with Crippen LogP contribution in [0.1, 0.15) is 24.0 Å². The molecule has 8 heteroatoms. The monoisotopic (exact) mass is 396 g/mol. The molecule has 0 bridgehead atoms. The van der Waals surface area contributed by atoms with Gasteiger partial charge in [0.05, 0.1) is 11.3 Å². The number of hydrogen-bond donors (Lipinski definition) is 2. The summed E-state index contributed by atoms with van der Waals surface area (Å²) in [5.41, 5.74) is -0.0192. The smallest absolute Gasteiger partial charge is 0.355 e. The molecule has 0 radical (unpaired) electrons. The van der Waals surface area contributed by atoms with Crippen molar-refractivity contribution in [1.82, 2.24) is 5.32 Å². The Hall–Kier alpha value is -2.90. The van der Waals surface area contributed by atoms with Crippen LogP contribution in [-0.4, -0.2) is 18.4 Å². The Labute approximate surface area is 159 Å². The molecule has 1 fully saturated rings. The molecule has 0 aromatic heterocycles. The average Bonchev–Trinajstić information content (AvgIpc) is 2.66. The summed E-state index contributed by atoms with van der Waals surface area (Å²) < 4.78 is 49.1. The summed E-state index contributed by atoms with van der Waals surface area (Å²) in [4.78, 5) is 23.4. The lowest BCUT2D eigenvalue weighted by molar-refractivity contribution is -0.137. The molecule has 0 saturated carbocycles. The van der Waals surface area contributed by atoms with Gasteiger partial charge in [-0.2, -0.15) is 13.2 Å². The molecule has 0 spiro atoms. The molecule has 1 saturated heterocycles. The van der Waals surface area contributed by atoms with Gasteiger partial charge < -0.3 is 10.6 Å². The van der Waals surface area contributed by atoms with E-state index in [0.717, 1.165) is 18.6 Å². The topological polar surface area (TPSA) is 58.2 Å². The molecule has 1 unspecified atom stereocenters. The molecular formula is C20H20F4N2O2. The van der Waals surface area contributed by atoms with Gasteiger partial charge in [0.1, 0.15) is 11.7 Å². The first kappa shape index (κ1) is 21.4. The van der Waals surface area contributed by atoms with Crippen molar-refractivity contribution in [2.24, 2.45) is 5.92 Å². The summed E-state index contributed by atoms with van der Waals surface area (Å²) in [6.07, 6.45) is -2.94. The zero-order chi connectivity index (χ0) is 20.7. The van der Waals surface area contributed by atoms with Crippen molar-refractivity contribution >= 4 is 17.5 Å². The van der Waals surface area contributed by atoms with Crippen LogP contribution in [0.4, 0.5) is 23.2 Å². The predicted molar refractivity (Wildman–Crippen MR) is 96.9 cm³/mol. The second kappa shape index (κ2) is 9.34. The van der Waals surface area contributed by atoms with E-state index in [4.69, 9.17) is 0 Å². The average molecular weight is 396 g/mol. The molecule has 2 aromatic carbocycles. The molecule has 2 amide bonds. The van der Waals surface area contributed by atoms with E-state index in [9.17, 15) is 27.2 Å². The number of alkyl halides is 3. The summed E-state index contributed by atoms with van der Waals surface area (Å²) in [6.45, 7) is 2.22. The second-order valence-corrected chi connectivity index (χ2v) is 6.28. The number of carbonyl (C=O) groups excluding carboxylic acids is 2. The fourth-order valence-corrected chi connectivity index (χ4v) is 2.61. The molecule has 3 rings (SSSR count). The number of carbonyl (C=O) groups is 2. The van der Waals surface area contributed by atoms with Crippen molar-refractivity contribution in [2.75, 3.05) is 11.9 Å². The Kier molecular flexibility index (Phi) is 7.14. The van der Waals surface area contributed by atoms with Gasteiger partial charge in [0.2, 0.25) is 11.8 Å². The Balaban J connectivity index is 0.000000237. The zero-order valence-corrected chi connectivity index (χ0v) is 15.1. The minimum atomic E-state index is -4.21. The van der Waals surface area contributed by atoms with Crippen LogP contribution in [0.5, 0.6) is 0 Å². The molecule has 0 aliphatic carbocycles. The highest BCUT2D eigenvalue weighted by molar-refractivity contribution is 6.06. The van der Waals surface area contributed by atoms with Gasteiger partial charge in [0.25, 0.3) is 0 Å². The van der Waals surface area contributed by atoms with Crippen LogP contribution >= 0.6 is 0 Å². The second-order valence-electron chi connectivity index (χ2n) is 6.28. The molecule has 28 heavy (non-hydrogen) atoms. The Morgan fingerprint density at radius 3 is 2.36 bits per heavy atom. The van der Waals surface area contributed by atoms with E-state index in [-0.39, 0.29) is 11.6 Å². The highest BCUT2D eigenvalue weighted by Gasteiger charge is 2.30. The molecule has 1 atom stereocenters. The SMILES string of the molecule is Cc1cccc(NC(=O)C2CCCNC2=O)c1F.FC(F)(F)c1ccccc1. The molecule has 1 aliphatic heterocycles. The highest BCUT2D eigenvalue weighted by atomic mass is 19.4. The third-order valence-corrected chi connectivity index (χ3v) is 4.15. The normalized spacial score (nSPS) is 16.5. The van der Waals surface area contributed by atoms with Crippen LogP contribution in [0.2, 0.25) is 0 Å². The minimum absolute atomic E-state index is 0.123. The lowest BCUT2D eigenvalue weighted by Crippen LogP contribution is -2.42. The minimum Gasteiger partial charge on any atom is -0.355 e. The Morgan fingerprint density at radius 2 is 1.79 bits per heavy atom. The van der Waals surface area contributed by atoms with Crippen molar-refractivity contribution in [3.8, 4) is 0 Å². The lowest BCUT2D eigenvalue weighted by atomic mass is 9.97. The van der Waals surface area contributed by atoms with E-state index in [2.05, 4.69) is 10.6 Å². The summed E-state index contributed by atoms with van der Waals surface area (Å²) in [5.74, 6) is -1.91. The molecular weight excluding hydrogens is 376 g/mol. The third-order valence-electron chi connectivity index (χ3n) is 4.15. The van der Waals surface area contributed by atoms with Crippen LogP contribution in [-0.2, 0) is 15.8 Å². The van der Waals surface area contributed by atoms with Crippen molar-refractivity contribution in [1.29, 1.82) is 0 Å². The van der Waals surface area contributed by atoms with E-state index in [1.165, 1.54) is 18.2 Å². The van der Waals surface area contributed by atoms with Gasteiger partial charge in [-0.15, -0.1) is 0 Å². The fraction of sp³-hybridized carbons (Fsp3) is 0.300. The standard InChI is InChI=1S/C13H15FN2O2.C7H5F3/c1-8-4-2-6-10(11(8)14)16-13(18)9-5-3-7-15-12(9)17;8-7(9,10)6-4-2-1-3-5-6/h2,4,6,9H,3,5,7H2,1H3,(H,15,17)(H,16,18);1-5H. The summed E-state index contributed by atoms with van der Waals surface area (Å²) >= 11 is 0. The van der Waals surface area contributed by atoms with E-state index >= 15 is 0 Å². The number of aryl methyl sites for hydroxylation is 1. The van der Waals surface area contributed by atoms with Crippen LogP contribution in [0.25, 0.3) is 0 Å². The maximum atomic E-state index is 13.7. The number of amides is 2. The number of benzene rings is 2. The first-order chi connectivity index (χ1) is 13.2. The predicted octanol–water partition coefficient (Wildman–Crippen LogP) is 4.30. The quantitative estimate of drug-likeness (QED) is 0.587. The lowest BCUT2D eigenvalue weighted by Gasteiger charge is -2.21. The van der Waals surface area contributed by atoms with Gasteiger partial charge >= 0.3 is 6.18 Å². The van der Waals surface area contributed by atoms with Gasteiger partial charge in [-0.3, -0.25) is 9.59 Å². The summed E-state index contributed by atoms with van der Waals surface area (Å²) in [5, 5.41) is 5.11. The van der Waals surface area contributed by atoms with E-state index in [1.54, 1.807) is 25.1 Å². The third kappa shape index (κ3) is 5.80. The van der Waals surface area contributed by atoms with Crippen LogP contribution in [0, 0.1) is 18.7 Å². The molecule has 2 aromatic rings.